The molecule has 0 aromatic carbocycles. The van der Waals surface area contributed by atoms with Gasteiger partial charge in [-0.05, 0) is 51.4 Å². The first-order valence-corrected chi connectivity index (χ1v) is 18.7. The van der Waals surface area contributed by atoms with Gasteiger partial charge < -0.3 is 25.4 Å². The summed E-state index contributed by atoms with van der Waals surface area (Å²) in [5.41, 5.74) is 0. The number of rotatable bonds is 31. The maximum Gasteiger partial charge on any atom is 0.220 e. The Morgan fingerprint density at radius 3 is 1.67 bits per heavy atom. The summed E-state index contributed by atoms with van der Waals surface area (Å²) < 4.78 is 5.67. The Hall–Kier alpha value is -1.99. The molecule has 4 N–H and O–H groups in total. The predicted octanol–water partition coefficient (Wildman–Crippen LogP) is 8.97. The average Bonchev–Trinajstić information content (AvgIpc) is 3.81. The number of amides is 1. The molecular formula is C40H69NO5. The number of carbonyl (C=O) groups excluding carboxylic acids is 1. The molecule has 0 spiro atoms. The number of aliphatic hydroxyl groups is 3. The molecule has 1 aliphatic rings. The van der Waals surface area contributed by atoms with Crippen LogP contribution in [0.4, 0.5) is 0 Å². The van der Waals surface area contributed by atoms with Crippen LogP contribution in [0.2, 0.25) is 0 Å². The van der Waals surface area contributed by atoms with Gasteiger partial charge in [0.2, 0.25) is 5.91 Å². The SMILES string of the molecule is CC/C=C\CC1OC1C/C=C\C/C=C\C/C=C\C/C=C\CCC(=O)N[C@@H](CO)C(O)C(O)CCCCCCCCCCCCCC. The van der Waals surface area contributed by atoms with Crippen LogP contribution in [0.1, 0.15) is 149 Å². The number of unbranched alkanes of at least 4 members (excludes halogenated alkanes) is 11. The topological polar surface area (TPSA) is 102 Å². The maximum atomic E-state index is 12.3. The Morgan fingerprint density at radius 1 is 0.674 bits per heavy atom. The van der Waals surface area contributed by atoms with Crippen molar-refractivity contribution in [2.45, 2.75) is 179 Å². The van der Waals surface area contributed by atoms with E-state index in [0.29, 0.717) is 25.0 Å². The first-order valence-electron chi connectivity index (χ1n) is 18.7. The number of hydrogen-bond donors (Lipinski definition) is 4. The zero-order valence-electron chi connectivity index (χ0n) is 29.4. The van der Waals surface area contributed by atoms with Crippen molar-refractivity contribution in [1.29, 1.82) is 0 Å². The largest absolute Gasteiger partial charge is 0.394 e. The molecule has 1 saturated heterocycles. The van der Waals surface area contributed by atoms with Gasteiger partial charge in [0.15, 0.2) is 0 Å². The first-order chi connectivity index (χ1) is 22.5. The van der Waals surface area contributed by atoms with E-state index in [2.05, 4.69) is 67.8 Å². The Balaban J connectivity index is 2.03. The lowest BCUT2D eigenvalue weighted by Crippen LogP contribution is -2.50. The number of allylic oxidation sites excluding steroid dienone is 8. The van der Waals surface area contributed by atoms with E-state index in [1.165, 1.54) is 57.8 Å². The second-order valence-electron chi connectivity index (χ2n) is 12.8. The van der Waals surface area contributed by atoms with Crippen molar-refractivity contribution in [1.82, 2.24) is 5.32 Å². The van der Waals surface area contributed by atoms with Crippen LogP contribution in [-0.2, 0) is 9.53 Å². The standard InChI is InChI=1S/C40H69NO5/c1-3-5-7-8-9-10-11-14-17-20-23-27-30-36(43)40(45)35(34-42)41-39(44)33-29-25-22-19-16-13-12-15-18-21-24-28-32-38-37(46-38)31-26-6-4-2/h6,13,15-16,18,22,24-26,28,35-38,40,42-43,45H,3-5,7-12,14,17,19-21,23,27,29-34H2,1-2H3,(H,41,44)/b16-13-,18-15-,25-22-,26-6-,28-24-/t35-,36?,37?,38?,40?/m0/s1. The number of nitrogens with one attached hydrogen (secondary N) is 1. The second kappa shape index (κ2) is 30.4. The van der Waals surface area contributed by atoms with Crippen molar-refractivity contribution in [3.8, 4) is 0 Å². The van der Waals surface area contributed by atoms with Crippen molar-refractivity contribution in [3.63, 3.8) is 0 Å². The summed E-state index contributed by atoms with van der Waals surface area (Å²) in [6.45, 7) is 4.00. The van der Waals surface area contributed by atoms with Gasteiger partial charge in [0, 0.05) is 6.42 Å². The van der Waals surface area contributed by atoms with Crippen LogP contribution in [0.3, 0.4) is 0 Å². The fourth-order valence-corrected chi connectivity index (χ4v) is 5.52. The third-order valence-corrected chi connectivity index (χ3v) is 8.55. The van der Waals surface area contributed by atoms with Crippen LogP contribution in [-0.4, -0.2) is 58.3 Å². The molecule has 0 saturated carbocycles. The van der Waals surface area contributed by atoms with Gasteiger partial charge in [-0.25, -0.2) is 0 Å². The molecule has 0 aliphatic carbocycles. The normalized spacial score (nSPS) is 18.9. The van der Waals surface area contributed by atoms with E-state index in [1.54, 1.807) is 0 Å². The van der Waals surface area contributed by atoms with Crippen LogP contribution >= 0.6 is 0 Å². The maximum absolute atomic E-state index is 12.3. The second-order valence-corrected chi connectivity index (χ2v) is 12.8. The minimum atomic E-state index is -1.17. The molecule has 6 heteroatoms. The van der Waals surface area contributed by atoms with E-state index in [1.807, 2.05) is 12.2 Å². The smallest absolute Gasteiger partial charge is 0.220 e. The number of aliphatic hydroxyl groups excluding tert-OH is 3. The molecule has 0 radical (unpaired) electrons. The highest BCUT2D eigenvalue weighted by Crippen LogP contribution is 2.29. The molecule has 1 fully saturated rings. The molecule has 0 aromatic rings. The van der Waals surface area contributed by atoms with Crippen molar-refractivity contribution >= 4 is 5.91 Å². The van der Waals surface area contributed by atoms with E-state index in [-0.39, 0.29) is 12.3 Å². The molecular weight excluding hydrogens is 574 g/mol. The van der Waals surface area contributed by atoms with E-state index < -0.39 is 24.9 Å². The summed E-state index contributed by atoms with van der Waals surface area (Å²) in [7, 11) is 0. The molecule has 46 heavy (non-hydrogen) atoms. The van der Waals surface area contributed by atoms with Gasteiger partial charge in [-0.2, -0.15) is 0 Å². The molecule has 4 unspecified atom stereocenters. The lowest BCUT2D eigenvalue weighted by Gasteiger charge is -2.26. The molecule has 264 valence electrons. The molecule has 5 atom stereocenters. The summed E-state index contributed by atoms with van der Waals surface area (Å²) in [4.78, 5) is 12.3. The summed E-state index contributed by atoms with van der Waals surface area (Å²) >= 11 is 0. The lowest BCUT2D eigenvalue weighted by molar-refractivity contribution is -0.124. The highest BCUT2D eigenvalue weighted by atomic mass is 16.6. The molecule has 0 bridgehead atoms. The fourth-order valence-electron chi connectivity index (χ4n) is 5.52. The minimum absolute atomic E-state index is 0.233. The van der Waals surface area contributed by atoms with E-state index in [4.69, 9.17) is 4.74 Å². The lowest BCUT2D eigenvalue weighted by atomic mass is 9.99. The fraction of sp³-hybridized carbons (Fsp3) is 0.725. The Bertz CT molecular complexity index is 864. The van der Waals surface area contributed by atoms with Crippen LogP contribution in [0.15, 0.2) is 60.8 Å². The van der Waals surface area contributed by atoms with Crippen molar-refractivity contribution in [2.75, 3.05) is 6.61 Å². The van der Waals surface area contributed by atoms with Gasteiger partial charge in [0.1, 0.15) is 6.10 Å². The van der Waals surface area contributed by atoms with E-state index in [0.717, 1.165) is 57.8 Å². The average molecular weight is 644 g/mol. The van der Waals surface area contributed by atoms with Gasteiger partial charge in [-0.1, -0.05) is 152 Å². The monoisotopic (exact) mass is 644 g/mol. The first kappa shape index (κ1) is 42.0. The summed E-state index contributed by atoms with van der Waals surface area (Å²) in [5, 5.41) is 33.3. The third-order valence-electron chi connectivity index (χ3n) is 8.55. The minimum Gasteiger partial charge on any atom is -0.394 e. The number of hydrogen-bond acceptors (Lipinski definition) is 5. The van der Waals surface area contributed by atoms with Crippen molar-refractivity contribution in [3.05, 3.63) is 60.8 Å². The molecule has 1 heterocycles. The number of carbonyl (C=O) groups is 1. The quantitative estimate of drug-likeness (QED) is 0.0343. The Labute approximate surface area is 282 Å². The number of epoxide rings is 1. The van der Waals surface area contributed by atoms with E-state index in [9.17, 15) is 20.1 Å². The van der Waals surface area contributed by atoms with Crippen LogP contribution in [0.25, 0.3) is 0 Å². The summed E-state index contributed by atoms with van der Waals surface area (Å²) in [6, 6.07) is -0.854. The highest BCUT2D eigenvalue weighted by Gasteiger charge is 2.35. The van der Waals surface area contributed by atoms with Crippen LogP contribution in [0, 0.1) is 0 Å². The zero-order chi connectivity index (χ0) is 33.5. The number of ether oxygens (including phenoxy) is 1. The molecule has 1 amide bonds. The van der Waals surface area contributed by atoms with Crippen LogP contribution in [0.5, 0.6) is 0 Å². The van der Waals surface area contributed by atoms with E-state index >= 15 is 0 Å². The van der Waals surface area contributed by atoms with Gasteiger partial charge >= 0.3 is 0 Å². The molecule has 1 aliphatic heterocycles. The summed E-state index contributed by atoms with van der Waals surface area (Å²) in [6.07, 6.45) is 42.2. The summed E-state index contributed by atoms with van der Waals surface area (Å²) in [5.74, 6) is -0.233. The van der Waals surface area contributed by atoms with Gasteiger partial charge in [-0.15, -0.1) is 0 Å². The highest BCUT2D eigenvalue weighted by molar-refractivity contribution is 5.76. The third kappa shape index (κ3) is 24.2. The molecule has 0 aromatic heterocycles. The van der Waals surface area contributed by atoms with Crippen molar-refractivity contribution < 1.29 is 24.9 Å². The van der Waals surface area contributed by atoms with Gasteiger partial charge in [-0.3, -0.25) is 4.79 Å². The molecule has 1 rings (SSSR count). The van der Waals surface area contributed by atoms with Gasteiger partial charge in [0.05, 0.1) is 31.0 Å². The Kier molecular flexibility index (Phi) is 27.7. The Morgan fingerprint density at radius 2 is 1.15 bits per heavy atom. The van der Waals surface area contributed by atoms with Crippen LogP contribution < -0.4 is 5.32 Å². The van der Waals surface area contributed by atoms with Crippen molar-refractivity contribution in [2.24, 2.45) is 0 Å². The predicted molar refractivity (Wildman–Crippen MR) is 194 cm³/mol. The molecule has 6 nitrogen and oxygen atoms in total. The van der Waals surface area contributed by atoms with Gasteiger partial charge in [0.25, 0.3) is 0 Å². The zero-order valence-corrected chi connectivity index (χ0v) is 29.4.